The fourth-order valence-corrected chi connectivity index (χ4v) is 2.90. The van der Waals surface area contributed by atoms with Crippen molar-refractivity contribution in [3.63, 3.8) is 0 Å². The number of rotatable bonds is 4. The maximum atomic E-state index is 11.9. The summed E-state index contributed by atoms with van der Waals surface area (Å²) >= 11 is 0. The lowest BCUT2D eigenvalue weighted by atomic mass is 10.2. The van der Waals surface area contributed by atoms with Crippen LogP contribution in [0.4, 0.5) is 5.69 Å². The maximum Gasteiger partial charge on any atom is 0.271 e. The molecule has 2 heterocycles. The molecule has 166 valence electrons. The Bertz CT molecular complexity index is 1050. The van der Waals surface area contributed by atoms with E-state index in [-0.39, 0.29) is 23.4 Å². The number of carbonyl (C=O) groups excluding carboxylic acids is 3. The van der Waals surface area contributed by atoms with E-state index < -0.39 is 12.0 Å². The second-order valence-corrected chi connectivity index (χ2v) is 7.22. The molecule has 2 aliphatic rings. The normalized spacial score (nSPS) is 16.7. The second kappa shape index (κ2) is 10.8. The van der Waals surface area contributed by atoms with Gasteiger partial charge in [-0.2, -0.15) is 5.10 Å². The van der Waals surface area contributed by atoms with Gasteiger partial charge in [0, 0.05) is 25.1 Å². The average molecular weight is 435 g/mol. The monoisotopic (exact) mass is 435 g/mol. The molecule has 1 saturated heterocycles. The summed E-state index contributed by atoms with van der Waals surface area (Å²) in [6, 6.07) is 7.13. The van der Waals surface area contributed by atoms with Crippen molar-refractivity contribution in [3.05, 3.63) is 41.7 Å². The third-order valence-electron chi connectivity index (χ3n) is 4.83. The van der Waals surface area contributed by atoms with Crippen LogP contribution >= 0.6 is 0 Å². The van der Waals surface area contributed by atoms with Crippen molar-refractivity contribution in [2.45, 2.75) is 25.4 Å². The number of aliphatic hydroxyl groups is 1. The first-order valence-electron chi connectivity index (χ1n) is 9.84. The first kappa shape index (κ1) is 24.2. The summed E-state index contributed by atoms with van der Waals surface area (Å²) in [4.78, 5) is 35.5. The Balaban J connectivity index is 0.000000304. The van der Waals surface area contributed by atoms with Gasteiger partial charge in [0.25, 0.3) is 11.8 Å². The van der Waals surface area contributed by atoms with Crippen LogP contribution in [0.3, 0.4) is 0 Å². The first-order chi connectivity index (χ1) is 15.3. The lowest BCUT2D eigenvalue weighted by Gasteiger charge is -2.04. The van der Waals surface area contributed by atoms with Gasteiger partial charge >= 0.3 is 0 Å². The third kappa shape index (κ3) is 5.97. The van der Waals surface area contributed by atoms with Gasteiger partial charge in [0.2, 0.25) is 5.91 Å². The molecule has 0 bridgehead atoms. The molecule has 1 aliphatic carbocycles. The zero-order valence-corrected chi connectivity index (χ0v) is 17.7. The summed E-state index contributed by atoms with van der Waals surface area (Å²) in [5, 5.41) is 15.6. The van der Waals surface area contributed by atoms with Crippen LogP contribution in [0.15, 0.2) is 30.5 Å². The molecule has 9 heteroatoms. The molecule has 2 fully saturated rings. The van der Waals surface area contributed by atoms with Crippen LogP contribution < -0.4 is 11.1 Å². The van der Waals surface area contributed by atoms with E-state index in [1.807, 2.05) is 0 Å². The van der Waals surface area contributed by atoms with Crippen LogP contribution in [0.2, 0.25) is 0 Å². The van der Waals surface area contributed by atoms with Crippen molar-refractivity contribution in [1.82, 2.24) is 14.7 Å². The van der Waals surface area contributed by atoms with E-state index in [2.05, 4.69) is 29.2 Å². The van der Waals surface area contributed by atoms with Crippen molar-refractivity contribution in [1.29, 1.82) is 0 Å². The highest BCUT2D eigenvalue weighted by Gasteiger charge is 2.31. The molecule has 0 spiro atoms. The molecule has 1 aromatic heterocycles. The molecule has 4 N–H and O–H groups in total. The van der Waals surface area contributed by atoms with Gasteiger partial charge in [-0.3, -0.25) is 14.4 Å². The van der Waals surface area contributed by atoms with E-state index in [0.29, 0.717) is 29.9 Å². The first-order valence-corrected chi connectivity index (χ1v) is 9.84. The molecular weight excluding hydrogens is 410 g/mol. The van der Waals surface area contributed by atoms with Gasteiger partial charge in [-0.15, -0.1) is 19.3 Å². The highest BCUT2D eigenvalue weighted by molar-refractivity contribution is 6.02. The minimum absolute atomic E-state index is 0.0221. The number of anilines is 1. The van der Waals surface area contributed by atoms with Gasteiger partial charge in [-0.25, -0.2) is 4.68 Å². The van der Waals surface area contributed by atoms with Crippen LogP contribution in [0, 0.1) is 31.1 Å². The average Bonchev–Trinajstić information content (AvgIpc) is 3.52. The number of aliphatic hydroxyl groups excluding tert-OH is 1. The Morgan fingerprint density at radius 3 is 2.44 bits per heavy atom. The Kier molecular flexibility index (Phi) is 8.17. The zero-order chi connectivity index (χ0) is 23.8. The summed E-state index contributed by atoms with van der Waals surface area (Å²) in [6.07, 6.45) is 16.6. The van der Waals surface area contributed by atoms with E-state index in [1.165, 1.54) is 9.58 Å². The number of likely N-dealkylation sites (tertiary alicyclic amines) is 1. The Morgan fingerprint density at radius 1 is 1.28 bits per heavy atom. The number of hydrogen-bond acceptors (Lipinski definition) is 5. The predicted octanol–water partition coefficient (Wildman–Crippen LogP) is 0.760. The molecule has 9 nitrogen and oxygen atoms in total. The number of nitrogens with two attached hydrogens (primary N) is 1. The van der Waals surface area contributed by atoms with Gasteiger partial charge in [-0.05, 0) is 37.5 Å². The number of hydrogen-bond donors (Lipinski definition) is 3. The minimum atomic E-state index is -0.722. The summed E-state index contributed by atoms with van der Waals surface area (Å²) in [6.45, 7) is 0.694. The zero-order valence-electron chi connectivity index (χ0n) is 17.7. The van der Waals surface area contributed by atoms with Gasteiger partial charge in [-0.1, -0.05) is 12.0 Å². The van der Waals surface area contributed by atoms with Crippen molar-refractivity contribution < 1.29 is 19.5 Å². The van der Waals surface area contributed by atoms with Crippen molar-refractivity contribution in [3.8, 4) is 30.9 Å². The standard InChI is InChI=1S/C16H14N4O2.C5H9NO2.C2H2/c1-2-10-4-3-5-12(8-10)20-9-13(14(19-20)15(17)21)18-16(22)11-6-7-11;1-6-3-2-4(7)5(6)8;1-2/h1,3-5,8-9,11H,6-7H2,(H2,17,21)(H,18,22);4,7H,2-3H2,1H3;1-2H/t;4-;/m.0./s1. The Hall–Kier alpha value is -4.08. The smallest absolute Gasteiger partial charge is 0.271 e. The largest absolute Gasteiger partial charge is 0.383 e. The lowest BCUT2D eigenvalue weighted by Crippen LogP contribution is -2.24. The summed E-state index contributed by atoms with van der Waals surface area (Å²) in [5.41, 5.74) is 7.05. The van der Waals surface area contributed by atoms with Crippen LogP contribution in [0.1, 0.15) is 35.3 Å². The molecule has 0 unspecified atom stereocenters. The van der Waals surface area contributed by atoms with Crippen LogP contribution in [-0.4, -0.2) is 57.2 Å². The van der Waals surface area contributed by atoms with E-state index in [0.717, 1.165) is 12.8 Å². The van der Waals surface area contributed by atoms with Gasteiger partial charge in [0.05, 0.1) is 17.6 Å². The lowest BCUT2D eigenvalue weighted by molar-refractivity contribution is -0.133. The Labute approximate surface area is 186 Å². The van der Waals surface area contributed by atoms with E-state index >= 15 is 0 Å². The molecule has 1 aliphatic heterocycles. The number of carbonyl (C=O) groups is 3. The van der Waals surface area contributed by atoms with E-state index in [4.69, 9.17) is 17.3 Å². The molecule has 2 aromatic rings. The van der Waals surface area contributed by atoms with Crippen molar-refractivity contribution >= 4 is 23.4 Å². The van der Waals surface area contributed by atoms with E-state index in [1.54, 1.807) is 37.5 Å². The molecule has 4 rings (SSSR count). The molecular formula is C23H25N5O4. The second-order valence-electron chi connectivity index (χ2n) is 7.22. The quantitative estimate of drug-likeness (QED) is 0.611. The highest BCUT2D eigenvalue weighted by Crippen LogP contribution is 2.30. The Morgan fingerprint density at radius 2 is 1.97 bits per heavy atom. The number of amides is 3. The number of nitrogens with one attached hydrogen (secondary N) is 1. The van der Waals surface area contributed by atoms with Crippen LogP contribution in [0.25, 0.3) is 5.69 Å². The number of benzene rings is 1. The van der Waals surface area contributed by atoms with Crippen molar-refractivity contribution in [2.24, 2.45) is 11.7 Å². The molecule has 1 saturated carbocycles. The summed E-state index contributed by atoms with van der Waals surface area (Å²) in [5.74, 6) is 1.60. The van der Waals surface area contributed by atoms with Gasteiger partial charge in [0.1, 0.15) is 6.10 Å². The summed E-state index contributed by atoms with van der Waals surface area (Å²) in [7, 11) is 1.69. The number of aromatic nitrogens is 2. The molecule has 1 aromatic carbocycles. The molecule has 32 heavy (non-hydrogen) atoms. The highest BCUT2D eigenvalue weighted by atomic mass is 16.3. The third-order valence-corrected chi connectivity index (χ3v) is 4.83. The van der Waals surface area contributed by atoms with Gasteiger partial charge < -0.3 is 21.1 Å². The maximum absolute atomic E-state index is 11.9. The number of nitrogens with zero attached hydrogens (tertiary/aromatic N) is 3. The minimum Gasteiger partial charge on any atom is -0.383 e. The number of primary amides is 1. The summed E-state index contributed by atoms with van der Waals surface area (Å²) < 4.78 is 1.48. The SMILES string of the molecule is C#C.C#Cc1cccc(-n2cc(NC(=O)C3CC3)c(C(N)=O)n2)c1.CN1CC[C@H](O)C1=O. The fraction of sp³-hybridized carbons (Fsp3) is 0.304. The van der Waals surface area contributed by atoms with Gasteiger partial charge in [0.15, 0.2) is 5.69 Å². The molecule has 0 radical (unpaired) electrons. The van der Waals surface area contributed by atoms with Crippen LogP contribution in [-0.2, 0) is 9.59 Å². The molecule has 1 atom stereocenters. The molecule has 3 amide bonds. The fourth-order valence-electron chi connectivity index (χ4n) is 2.90. The predicted molar refractivity (Wildman–Crippen MR) is 120 cm³/mol. The van der Waals surface area contributed by atoms with E-state index in [9.17, 15) is 14.4 Å². The number of terminal acetylenes is 2. The van der Waals surface area contributed by atoms with Crippen LogP contribution in [0.5, 0.6) is 0 Å². The topological polar surface area (TPSA) is 131 Å². The van der Waals surface area contributed by atoms with Crippen molar-refractivity contribution in [2.75, 3.05) is 18.9 Å². The number of likely N-dealkylation sites (N-methyl/N-ethyl adjacent to an activating group) is 1.